The van der Waals surface area contributed by atoms with Gasteiger partial charge in [-0.3, -0.25) is 14.4 Å². The number of ether oxygens (including phenoxy) is 1. The van der Waals surface area contributed by atoms with Crippen LogP contribution in [0.4, 0.5) is 0 Å². The van der Waals surface area contributed by atoms with Gasteiger partial charge in [0.25, 0.3) is 0 Å². The molecule has 8 heteroatoms. The van der Waals surface area contributed by atoms with Gasteiger partial charge in [0.1, 0.15) is 11.9 Å². The van der Waals surface area contributed by atoms with Gasteiger partial charge in [0, 0.05) is 5.41 Å². The monoisotopic (exact) mass is 792 g/mol. The lowest BCUT2D eigenvalue weighted by molar-refractivity contribution is -0.250. The Kier molecular flexibility index (Phi) is 9.87. The van der Waals surface area contributed by atoms with Crippen molar-refractivity contribution >= 4 is 17.8 Å². The summed E-state index contributed by atoms with van der Waals surface area (Å²) < 4.78 is 6.45. The number of aliphatic carboxylic acids is 1. The van der Waals surface area contributed by atoms with E-state index in [4.69, 9.17) is 4.74 Å². The van der Waals surface area contributed by atoms with Crippen LogP contribution in [0.2, 0.25) is 0 Å². The molecule has 8 rings (SSSR count). The lowest BCUT2D eigenvalue weighted by atomic mass is 9.32. The third-order valence-corrected chi connectivity index (χ3v) is 19.1. The zero-order valence-electron chi connectivity index (χ0n) is 36.5. The van der Waals surface area contributed by atoms with E-state index in [2.05, 4.69) is 82.1 Å². The molecule has 58 heavy (non-hydrogen) atoms. The van der Waals surface area contributed by atoms with Crippen molar-refractivity contribution in [1.29, 1.82) is 0 Å². The highest BCUT2D eigenvalue weighted by Crippen LogP contribution is 2.78. The largest absolute Gasteiger partial charge is 0.481 e. The highest BCUT2D eigenvalue weighted by Gasteiger charge is 2.72. The predicted molar refractivity (Wildman–Crippen MR) is 227 cm³/mol. The molecule has 1 amide bonds. The van der Waals surface area contributed by atoms with E-state index >= 15 is 0 Å². The first-order valence-electron chi connectivity index (χ1n) is 22.4. The zero-order chi connectivity index (χ0) is 41.8. The number of benzene rings is 1. The van der Waals surface area contributed by atoms with Gasteiger partial charge in [0.05, 0.1) is 35.7 Å². The number of amides is 1. The molecule has 1 aromatic heterocycles. The molecule has 314 valence electrons. The molecule has 6 aliphatic rings. The number of carboxylic acids is 1. The summed E-state index contributed by atoms with van der Waals surface area (Å²) in [5.41, 5.74) is 3.20. The van der Waals surface area contributed by atoms with E-state index in [0.29, 0.717) is 30.7 Å². The second-order valence-corrected chi connectivity index (χ2v) is 21.9. The van der Waals surface area contributed by atoms with Crippen LogP contribution >= 0.6 is 0 Å². The lowest BCUT2D eigenvalue weighted by Crippen LogP contribution is -2.67. The molecule has 3 N–H and O–H groups in total. The smallest absolute Gasteiger partial charge is 0.309 e. The number of imidazole rings is 1. The Labute approximate surface area is 346 Å². The summed E-state index contributed by atoms with van der Waals surface area (Å²) in [6, 6.07) is 10.2. The number of hydrogen-bond acceptors (Lipinski definition) is 5. The lowest BCUT2D eigenvalue weighted by Gasteiger charge is -2.73. The first-order valence-corrected chi connectivity index (χ1v) is 22.4. The zero-order valence-corrected chi connectivity index (χ0v) is 36.5. The molecule has 0 unspecified atom stereocenters. The Bertz CT molecular complexity index is 2000. The van der Waals surface area contributed by atoms with E-state index in [1.54, 1.807) is 0 Å². The predicted octanol–water partition coefficient (Wildman–Crippen LogP) is 10.6. The number of carbonyl (C=O) groups is 3. The molecule has 0 saturated heterocycles. The molecule has 12 atom stereocenters. The summed E-state index contributed by atoms with van der Waals surface area (Å²) in [5.74, 6) is 0.812. The van der Waals surface area contributed by atoms with Crippen molar-refractivity contribution in [1.82, 2.24) is 15.3 Å². The number of hydrogen-bond donors (Lipinski definition) is 3. The molecule has 0 spiro atoms. The topological polar surface area (TPSA) is 121 Å². The molecule has 6 fully saturated rings. The van der Waals surface area contributed by atoms with E-state index < -0.39 is 22.7 Å². The number of carboxylic acid groups (broad SMARTS) is 1. The van der Waals surface area contributed by atoms with Crippen molar-refractivity contribution in [3.8, 4) is 11.3 Å². The highest BCUT2D eigenvalue weighted by atomic mass is 16.5. The summed E-state index contributed by atoms with van der Waals surface area (Å²) in [7, 11) is 0. The number of aromatic nitrogens is 2. The van der Waals surface area contributed by atoms with Crippen LogP contribution < -0.4 is 5.32 Å². The van der Waals surface area contributed by atoms with Crippen molar-refractivity contribution in [2.45, 2.75) is 139 Å². The molecule has 8 nitrogen and oxygen atoms in total. The van der Waals surface area contributed by atoms with Crippen LogP contribution in [0.25, 0.3) is 11.3 Å². The number of allylic oxidation sites excluding steroid dienone is 2. The van der Waals surface area contributed by atoms with Crippen molar-refractivity contribution in [2.24, 2.45) is 73.9 Å². The summed E-state index contributed by atoms with van der Waals surface area (Å²) in [5, 5.41) is 13.1. The van der Waals surface area contributed by atoms with Crippen molar-refractivity contribution in [2.75, 3.05) is 0 Å². The normalized spacial score (nSPS) is 40.7. The number of nitrogens with zero attached hydrogens (tertiary/aromatic N) is 1. The number of fused-ring (bicyclic) bond motifs is 7. The van der Waals surface area contributed by atoms with E-state index in [1.807, 2.05) is 38.2 Å². The minimum atomic E-state index is -0.824. The van der Waals surface area contributed by atoms with Gasteiger partial charge in [-0.2, -0.15) is 0 Å². The van der Waals surface area contributed by atoms with Crippen LogP contribution in [-0.4, -0.2) is 39.0 Å². The average Bonchev–Trinajstić information content (AvgIpc) is 3.81. The molecule has 0 bridgehead atoms. The number of H-pyrrole nitrogens is 1. The fourth-order valence-corrected chi connectivity index (χ4v) is 15.4. The second kappa shape index (κ2) is 13.9. The van der Waals surface area contributed by atoms with Crippen LogP contribution in [0.3, 0.4) is 0 Å². The van der Waals surface area contributed by atoms with Crippen LogP contribution in [-0.2, 0) is 25.7 Å². The molecule has 2 aromatic rings. The van der Waals surface area contributed by atoms with Crippen LogP contribution in [0, 0.1) is 73.9 Å². The van der Waals surface area contributed by atoms with Gasteiger partial charge in [0.15, 0.2) is 0 Å². The maximum absolute atomic E-state index is 14.8. The Morgan fingerprint density at radius 1 is 0.845 bits per heavy atom. The summed E-state index contributed by atoms with van der Waals surface area (Å²) >= 11 is 0. The van der Waals surface area contributed by atoms with Crippen molar-refractivity contribution in [3.63, 3.8) is 0 Å². The molecular weight excluding hydrogens is 723 g/mol. The standard InChI is InChI=1S/C50H69N3O5/c1-29(2)30(3)32-18-23-50(44(57)52-28-40-51-27-36(53-40)31-14-12-11-13-15-31)25-24-48(9)33(41(32)50)16-17-38-47(8)21-20-39(46(6,7)37(47)19-22-49(38,48)10)58-43(56)35-26-34(42(54)55)45(35,4)5/h11-15,27,32-35,37-39,41H,1,3,16-26,28H2,2,4-10H3,(H,51,53)(H,52,57)(H,54,55)/t32-,33+,34-,35+,37-,38+,39-,41+,47-,48+,49+,50-/m0/s1. The fraction of sp³-hybridized carbons (Fsp3) is 0.680. The third kappa shape index (κ3) is 5.86. The van der Waals surface area contributed by atoms with Gasteiger partial charge in [-0.1, -0.05) is 97.5 Å². The molecule has 1 heterocycles. The number of nitrogens with one attached hydrogen (secondary N) is 2. The van der Waals surface area contributed by atoms with Gasteiger partial charge in [-0.25, -0.2) is 4.98 Å². The second-order valence-electron chi connectivity index (χ2n) is 21.9. The quantitative estimate of drug-likeness (QED) is 0.172. The van der Waals surface area contributed by atoms with Crippen LogP contribution in [0.15, 0.2) is 60.8 Å². The van der Waals surface area contributed by atoms with E-state index in [-0.39, 0.29) is 57.4 Å². The Balaban J connectivity index is 1.03. The van der Waals surface area contributed by atoms with Gasteiger partial charge in [0.2, 0.25) is 5.91 Å². The number of aromatic amines is 1. The first kappa shape index (κ1) is 41.1. The maximum Gasteiger partial charge on any atom is 0.309 e. The number of esters is 1. The minimum absolute atomic E-state index is 0.0613. The third-order valence-electron chi connectivity index (χ3n) is 19.1. The van der Waals surface area contributed by atoms with E-state index in [0.717, 1.165) is 92.4 Å². The molecule has 0 aliphatic heterocycles. The highest BCUT2D eigenvalue weighted by molar-refractivity contribution is 5.84. The van der Waals surface area contributed by atoms with E-state index in [9.17, 15) is 19.5 Å². The Morgan fingerprint density at radius 3 is 2.24 bits per heavy atom. The Hall–Kier alpha value is -3.68. The Morgan fingerprint density at radius 2 is 1.57 bits per heavy atom. The molecular formula is C50H69N3O5. The molecule has 6 saturated carbocycles. The average molecular weight is 792 g/mol. The molecule has 1 aromatic carbocycles. The molecule has 0 radical (unpaired) electrons. The summed E-state index contributed by atoms with van der Waals surface area (Å²) in [6.07, 6.45) is 12.1. The SMILES string of the molecule is C=C(C)C(=C)[C@@H]1CC[C@]2(C(=O)NCc3ncc(-c4ccccc4)[nH]3)CC[C@]3(C)[C@H](CC[C@@H]4[C@@]5(C)CC[C@H](OC(=O)[C@H]6C[C@@H](C(=O)O)C6(C)C)C(C)(C)[C@@H]5CC[C@]43C)[C@@H]12. The summed E-state index contributed by atoms with van der Waals surface area (Å²) in [6.45, 7) is 27.7. The minimum Gasteiger partial charge on any atom is -0.481 e. The summed E-state index contributed by atoms with van der Waals surface area (Å²) in [4.78, 5) is 48.4. The van der Waals surface area contributed by atoms with E-state index in [1.165, 1.54) is 0 Å². The van der Waals surface area contributed by atoms with Crippen LogP contribution in [0.5, 0.6) is 0 Å². The van der Waals surface area contributed by atoms with Crippen molar-refractivity contribution in [3.05, 3.63) is 66.7 Å². The first-order chi connectivity index (χ1) is 27.2. The van der Waals surface area contributed by atoms with Crippen LogP contribution in [0.1, 0.15) is 132 Å². The van der Waals surface area contributed by atoms with Crippen molar-refractivity contribution < 1.29 is 24.2 Å². The van der Waals surface area contributed by atoms with Gasteiger partial charge in [-0.05, 0) is 140 Å². The fourth-order valence-electron chi connectivity index (χ4n) is 15.4. The van der Waals surface area contributed by atoms with Gasteiger partial charge >= 0.3 is 11.9 Å². The molecule has 6 aliphatic carbocycles. The maximum atomic E-state index is 14.8. The van der Waals surface area contributed by atoms with Gasteiger partial charge < -0.3 is 20.1 Å². The number of rotatable bonds is 9. The van der Waals surface area contributed by atoms with Gasteiger partial charge in [-0.15, -0.1) is 0 Å². The number of carbonyl (C=O) groups excluding carboxylic acids is 2.